The number of ether oxygens (including phenoxy) is 2. The first kappa shape index (κ1) is 15.5. The van der Waals surface area contributed by atoms with E-state index in [1.807, 2.05) is 0 Å². The molecule has 2 rings (SSSR count). The standard InChI is InChI=1S/C13H9ClF3NO3/c1-2-3-6-20-12(13(15,16)17)9-7-8(14)4-5-10(9)18-11(19)21-12/h4-5,7H,6H2,1H3,(H,18,19). The Hall–Kier alpha value is -1.91. The molecule has 4 nitrogen and oxygen atoms in total. The van der Waals surface area contributed by atoms with E-state index in [2.05, 4.69) is 21.9 Å². The Balaban J connectivity index is 2.60. The van der Waals surface area contributed by atoms with E-state index in [0.717, 1.165) is 6.07 Å². The zero-order valence-electron chi connectivity index (χ0n) is 10.7. The van der Waals surface area contributed by atoms with Gasteiger partial charge in [0.15, 0.2) is 0 Å². The summed E-state index contributed by atoms with van der Waals surface area (Å²) in [6, 6.07) is 3.62. The smallest absolute Gasteiger partial charge is 0.402 e. The lowest BCUT2D eigenvalue weighted by Crippen LogP contribution is -2.52. The highest BCUT2D eigenvalue weighted by Gasteiger charge is 2.64. The number of rotatable bonds is 2. The number of carbonyl (C=O) groups is 1. The highest BCUT2D eigenvalue weighted by atomic mass is 35.5. The van der Waals surface area contributed by atoms with Crippen LogP contribution in [-0.2, 0) is 15.3 Å². The zero-order chi connectivity index (χ0) is 15.7. The van der Waals surface area contributed by atoms with E-state index in [-0.39, 0.29) is 10.7 Å². The van der Waals surface area contributed by atoms with Crippen LogP contribution in [0, 0.1) is 11.8 Å². The zero-order valence-corrected chi connectivity index (χ0v) is 11.4. The maximum atomic E-state index is 13.5. The fourth-order valence-corrected chi connectivity index (χ4v) is 2.00. The molecule has 1 N–H and O–H groups in total. The number of hydrogen-bond acceptors (Lipinski definition) is 3. The summed E-state index contributed by atoms with van der Waals surface area (Å²) in [7, 11) is 0. The second-order valence-electron chi connectivity index (χ2n) is 4.03. The van der Waals surface area contributed by atoms with Gasteiger partial charge in [0.25, 0.3) is 0 Å². The minimum absolute atomic E-state index is 0.0484. The van der Waals surface area contributed by atoms with Crippen molar-refractivity contribution in [2.24, 2.45) is 0 Å². The van der Waals surface area contributed by atoms with Crippen molar-refractivity contribution >= 4 is 23.4 Å². The Kier molecular flexibility index (Phi) is 4.03. The molecule has 8 heteroatoms. The van der Waals surface area contributed by atoms with Crippen LogP contribution in [0.1, 0.15) is 12.5 Å². The summed E-state index contributed by atoms with van der Waals surface area (Å²) < 4.78 is 49.7. The van der Waals surface area contributed by atoms with E-state index in [4.69, 9.17) is 16.3 Å². The quantitative estimate of drug-likeness (QED) is 0.846. The van der Waals surface area contributed by atoms with E-state index >= 15 is 0 Å². The van der Waals surface area contributed by atoms with Gasteiger partial charge in [0.2, 0.25) is 0 Å². The van der Waals surface area contributed by atoms with Gasteiger partial charge in [0, 0.05) is 5.02 Å². The molecule has 0 aromatic heterocycles. The fraction of sp³-hybridized carbons (Fsp3) is 0.308. The molecule has 1 aromatic carbocycles. The summed E-state index contributed by atoms with van der Waals surface area (Å²) in [5, 5.41) is 2.22. The van der Waals surface area contributed by atoms with E-state index in [9.17, 15) is 18.0 Å². The fourth-order valence-electron chi connectivity index (χ4n) is 1.83. The maximum absolute atomic E-state index is 13.5. The normalized spacial score (nSPS) is 20.7. The number of cyclic esters (lactones) is 1. The van der Waals surface area contributed by atoms with Gasteiger partial charge in [0.1, 0.15) is 6.61 Å². The van der Waals surface area contributed by atoms with Crippen molar-refractivity contribution in [3.05, 3.63) is 28.8 Å². The molecule has 1 aromatic rings. The molecule has 0 aliphatic carbocycles. The van der Waals surface area contributed by atoms with Gasteiger partial charge in [-0.3, -0.25) is 5.32 Å². The molecule has 0 saturated carbocycles. The third kappa shape index (κ3) is 2.77. The predicted molar refractivity (Wildman–Crippen MR) is 68.7 cm³/mol. The number of hydrogen-bond donors (Lipinski definition) is 1. The molecule has 0 bridgehead atoms. The SMILES string of the molecule is CC#CCOC1(C(F)(F)F)OC(=O)Nc2ccc(Cl)cc21. The third-order valence-corrected chi connectivity index (χ3v) is 2.94. The number of halogens is 4. The molecular weight excluding hydrogens is 311 g/mol. The van der Waals surface area contributed by atoms with Crippen molar-refractivity contribution in [2.45, 2.75) is 18.9 Å². The van der Waals surface area contributed by atoms with Gasteiger partial charge in [-0.25, -0.2) is 4.79 Å². The molecule has 0 radical (unpaired) electrons. The molecule has 1 amide bonds. The second-order valence-corrected chi connectivity index (χ2v) is 4.47. The minimum Gasteiger partial charge on any atom is -0.402 e. The van der Waals surface area contributed by atoms with Crippen LogP contribution in [0.2, 0.25) is 5.02 Å². The number of nitrogens with one attached hydrogen (secondary N) is 1. The van der Waals surface area contributed by atoms with Gasteiger partial charge in [-0.2, -0.15) is 13.2 Å². The third-order valence-electron chi connectivity index (χ3n) is 2.71. The lowest BCUT2D eigenvalue weighted by molar-refractivity contribution is -0.368. The summed E-state index contributed by atoms with van der Waals surface area (Å²) in [5.74, 6) is 1.50. The van der Waals surface area contributed by atoms with Crippen molar-refractivity contribution in [1.29, 1.82) is 0 Å². The maximum Gasteiger partial charge on any atom is 0.460 e. The van der Waals surface area contributed by atoms with Crippen LogP contribution in [0.4, 0.5) is 23.7 Å². The van der Waals surface area contributed by atoms with Gasteiger partial charge in [0.05, 0.1) is 11.3 Å². The van der Waals surface area contributed by atoms with Crippen LogP contribution in [0.5, 0.6) is 0 Å². The summed E-state index contributed by atoms with van der Waals surface area (Å²) >= 11 is 5.73. The summed E-state index contributed by atoms with van der Waals surface area (Å²) in [5.41, 5.74) is -0.516. The first-order valence-electron chi connectivity index (χ1n) is 5.70. The summed E-state index contributed by atoms with van der Waals surface area (Å²) in [4.78, 5) is 11.4. The summed E-state index contributed by atoms with van der Waals surface area (Å²) in [6.45, 7) is 0.887. The van der Waals surface area contributed by atoms with Crippen LogP contribution in [0.25, 0.3) is 0 Å². The lowest BCUT2D eigenvalue weighted by atomic mass is 10.0. The molecule has 1 unspecified atom stereocenters. The molecule has 0 saturated heterocycles. The number of fused-ring (bicyclic) bond motifs is 1. The predicted octanol–water partition coefficient (Wildman–Crippen LogP) is 3.66. The highest BCUT2D eigenvalue weighted by Crippen LogP contribution is 2.48. The first-order valence-corrected chi connectivity index (χ1v) is 6.08. The Labute approximate surface area is 123 Å². The molecular formula is C13H9ClF3NO3. The van der Waals surface area contributed by atoms with Crippen LogP contribution in [-0.4, -0.2) is 18.9 Å². The van der Waals surface area contributed by atoms with Gasteiger partial charge in [-0.15, -0.1) is 5.92 Å². The molecule has 21 heavy (non-hydrogen) atoms. The van der Waals surface area contributed by atoms with Crippen LogP contribution >= 0.6 is 11.6 Å². The van der Waals surface area contributed by atoms with Crippen molar-refractivity contribution in [1.82, 2.24) is 0 Å². The molecule has 1 heterocycles. The Morgan fingerprint density at radius 2 is 2.19 bits per heavy atom. The Morgan fingerprint density at radius 1 is 1.48 bits per heavy atom. The number of benzene rings is 1. The monoisotopic (exact) mass is 319 g/mol. The Bertz CT molecular complexity index is 636. The van der Waals surface area contributed by atoms with E-state index < -0.39 is 30.2 Å². The topological polar surface area (TPSA) is 47.6 Å². The van der Waals surface area contributed by atoms with Gasteiger partial charge in [-0.1, -0.05) is 17.5 Å². The summed E-state index contributed by atoms with van der Waals surface area (Å²) in [6.07, 6.45) is -6.27. The number of alkyl halides is 3. The van der Waals surface area contributed by atoms with Gasteiger partial charge in [-0.05, 0) is 25.1 Å². The van der Waals surface area contributed by atoms with E-state index in [0.29, 0.717) is 0 Å². The number of anilines is 1. The molecule has 1 atom stereocenters. The average molecular weight is 320 g/mol. The minimum atomic E-state index is -5.00. The largest absolute Gasteiger partial charge is 0.460 e. The molecule has 0 fully saturated rings. The number of amides is 1. The first-order chi connectivity index (χ1) is 9.80. The molecule has 0 spiro atoms. The molecule has 112 valence electrons. The number of carbonyl (C=O) groups excluding carboxylic acids is 1. The van der Waals surface area contributed by atoms with E-state index in [1.165, 1.54) is 19.1 Å². The van der Waals surface area contributed by atoms with Gasteiger partial charge < -0.3 is 9.47 Å². The Morgan fingerprint density at radius 3 is 2.81 bits per heavy atom. The van der Waals surface area contributed by atoms with Crippen molar-refractivity contribution in [2.75, 3.05) is 11.9 Å². The van der Waals surface area contributed by atoms with Crippen LogP contribution in [0.3, 0.4) is 0 Å². The van der Waals surface area contributed by atoms with Crippen LogP contribution in [0.15, 0.2) is 18.2 Å². The second kappa shape index (κ2) is 5.47. The molecule has 1 aliphatic heterocycles. The van der Waals surface area contributed by atoms with Crippen molar-refractivity contribution in [3.63, 3.8) is 0 Å². The highest BCUT2D eigenvalue weighted by molar-refractivity contribution is 6.30. The molecule has 1 aliphatic rings. The van der Waals surface area contributed by atoms with E-state index in [1.54, 1.807) is 0 Å². The van der Waals surface area contributed by atoms with Crippen molar-refractivity contribution < 1.29 is 27.4 Å². The van der Waals surface area contributed by atoms with Gasteiger partial charge >= 0.3 is 18.1 Å². The lowest BCUT2D eigenvalue weighted by Gasteiger charge is -2.38. The van der Waals surface area contributed by atoms with Crippen molar-refractivity contribution in [3.8, 4) is 11.8 Å². The van der Waals surface area contributed by atoms with Crippen LogP contribution < -0.4 is 5.32 Å². The average Bonchev–Trinajstić information content (AvgIpc) is 2.38.